The Kier molecular flexibility index (Phi) is 3.42. The van der Waals surface area contributed by atoms with Crippen LogP contribution in [0.25, 0.3) is 0 Å². The number of aromatic nitrogens is 2. The lowest BCUT2D eigenvalue weighted by Crippen LogP contribution is -2.08. The highest BCUT2D eigenvalue weighted by molar-refractivity contribution is 6.29. The Bertz CT molecular complexity index is 528. The van der Waals surface area contributed by atoms with Crippen molar-refractivity contribution in [3.63, 3.8) is 0 Å². The van der Waals surface area contributed by atoms with Gasteiger partial charge in [0, 0.05) is 6.07 Å². The lowest BCUT2D eigenvalue weighted by atomic mass is 10.2. The molecule has 1 N–H and O–H groups in total. The van der Waals surface area contributed by atoms with Crippen molar-refractivity contribution in [1.82, 2.24) is 10.1 Å². The van der Waals surface area contributed by atoms with Crippen molar-refractivity contribution in [3.05, 3.63) is 40.9 Å². The molecule has 0 aromatic carbocycles. The van der Waals surface area contributed by atoms with Gasteiger partial charge in [-0.15, -0.1) is 0 Å². The number of halogens is 4. The molecule has 0 amide bonds. The van der Waals surface area contributed by atoms with Crippen LogP contribution in [-0.2, 0) is 12.7 Å². The minimum atomic E-state index is -4.46. The molecule has 0 aliphatic rings. The molecule has 2 aromatic heterocycles. The van der Waals surface area contributed by atoms with E-state index in [1.165, 1.54) is 6.26 Å². The lowest BCUT2D eigenvalue weighted by Gasteiger charge is -2.09. The molecule has 0 unspecified atom stereocenters. The Labute approximate surface area is 105 Å². The van der Waals surface area contributed by atoms with Crippen molar-refractivity contribution < 1.29 is 17.7 Å². The number of alkyl halides is 3. The van der Waals surface area contributed by atoms with Gasteiger partial charge in [-0.2, -0.15) is 13.2 Å². The van der Waals surface area contributed by atoms with Crippen LogP contribution in [-0.4, -0.2) is 10.1 Å². The summed E-state index contributed by atoms with van der Waals surface area (Å²) in [6.45, 7) is 0.196. The molecule has 0 radical (unpaired) electrons. The molecule has 18 heavy (non-hydrogen) atoms. The van der Waals surface area contributed by atoms with E-state index >= 15 is 0 Å². The maximum absolute atomic E-state index is 12.5. The van der Waals surface area contributed by atoms with E-state index in [0.717, 1.165) is 12.1 Å². The molecule has 2 aromatic rings. The van der Waals surface area contributed by atoms with Gasteiger partial charge in [-0.1, -0.05) is 16.8 Å². The predicted octanol–water partition coefficient (Wildman–Crippen LogP) is 3.35. The second-order valence-electron chi connectivity index (χ2n) is 3.41. The Balaban J connectivity index is 2.15. The summed E-state index contributed by atoms with van der Waals surface area (Å²) in [4.78, 5) is 3.74. The molecule has 8 heteroatoms. The fourth-order valence-corrected chi connectivity index (χ4v) is 1.47. The molecule has 0 atom stereocenters. The average Bonchev–Trinajstić information content (AvgIpc) is 2.77. The van der Waals surface area contributed by atoms with E-state index in [1.54, 1.807) is 6.07 Å². The zero-order valence-corrected chi connectivity index (χ0v) is 9.59. The first-order valence-electron chi connectivity index (χ1n) is 4.83. The molecule has 0 saturated carbocycles. The van der Waals surface area contributed by atoms with Crippen LogP contribution in [0, 0.1) is 0 Å². The molecule has 2 rings (SSSR count). The normalized spacial score (nSPS) is 11.6. The Morgan fingerprint density at radius 1 is 1.33 bits per heavy atom. The zero-order valence-electron chi connectivity index (χ0n) is 8.83. The highest BCUT2D eigenvalue weighted by atomic mass is 35.5. The van der Waals surface area contributed by atoms with Gasteiger partial charge in [0.15, 0.2) is 0 Å². The molecule has 0 fully saturated rings. The van der Waals surface area contributed by atoms with Crippen LogP contribution in [0.5, 0.6) is 0 Å². The van der Waals surface area contributed by atoms with Crippen molar-refractivity contribution >= 4 is 17.4 Å². The fraction of sp³-hybridized carbons (Fsp3) is 0.200. The van der Waals surface area contributed by atoms with Gasteiger partial charge in [0.25, 0.3) is 0 Å². The predicted molar refractivity (Wildman–Crippen MR) is 58.1 cm³/mol. The summed E-state index contributed by atoms with van der Waals surface area (Å²) >= 11 is 5.53. The highest BCUT2D eigenvalue weighted by Gasteiger charge is 2.31. The third-order valence-corrected chi connectivity index (χ3v) is 2.26. The lowest BCUT2D eigenvalue weighted by molar-refractivity contribution is -0.137. The topological polar surface area (TPSA) is 51.0 Å². The molecule has 4 nitrogen and oxygen atoms in total. The van der Waals surface area contributed by atoms with E-state index in [9.17, 15) is 13.2 Å². The van der Waals surface area contributed by atoms with Gasteiger partial charge in [0.1, 0.15) is 22.9 Å². The average molecular weight is 278 g/mol. The van der Waals surface area contributed by atoms with Crippen molar-refractivity contribution in [2.75, 3.05) is 5.32 Å². The molecule has 0 aliphatic heterocycles. The summed E-state index contributed by atoms with van der Waals surface area (Å²) < 4.78 is 42.1. The van der Waals surface area contributed by atoms with Gasteiger partial charge in [-0.05, 0) is 12.1 Å². The van der Waals surface area contributed by atoms with Gasteiger partial charge >= 0.3 is 6.18 Å². The zero-order chi connectivity index (χ0) is 13.2. The molecule has 0 spiro atoms. The maximum atomic E-state index is 12.5. The van der Waals surface area contributed by atoms with E-state index in [0.29, 0.717) is 5.69 Å². The van der Waals surface area contributed by atoms with Gasteiger partial charge in [-0.25, -0.2) is 4.98 Å². The summed E-state index contributed by atoms with van der Waals surface area (Å²) in [7, 11) is 0. The summed E-state index contributed by atoms with van der Waals surface area (Å²) in [5.74, 6) is 0.0258. The second-order valence-corrected chi connectivity index (χ2v) is 3.79. The van der Waals surface area contributed by atoms with E-state index in [4.69, 9.17) is 11.6 Å². The van der Waals surface area contributed by atoms with E-state index in [-0.39, 0.29) is 17.5 Å². The van der Waals surface area contributed by atoms with Crippen molar-refractivity contribution in [2.24, 2.45) is 0 Å². The van der Waals surface area contributed by atoms with Crippen LogP contribution in [0.2, 0.25) is 5.15 Å². The Hall–Kier alpha value is -1.76. The van der Waals surface area contributed by atoms with E-state index in [1.807, 2.05) is 0 Å². The standard InChI is InChI=1S/C10H7ClF3N3O/c11-8-3-6(10(12,13)14)4-9(16-8)15-5-7-1-2-18-17-7/h1-4H,5H2,(H,15,16). The molecule has 0 saturated heterocycles. The molecular formula is C10H7ClF3N3O. The van der Waals surface area contributed by atoms with Crippen LogP contribution in [0.1, 0.15) is 11.3 Å². The van der Waals surface area contributed by atoms with E-state index in [2.05, 4.69) is 20.0 Å². The number of hydrogen-bond acceptors (Lipinski definition) is 4. The SMILES string of the molecule is FC(F)(F)c1cc(Cl)nc(NCc2ccon2)c1. The third-order valence-electron chi connectivity index (χ3n) is 2.06. The monoisotopic (exact) mass is 277 g/mol. The number of nitrogens with zero attached hydrogens (tertiary/aromatic N) is 2. The minimum absolute atomic E-state index is 0.0258. The number of pyridine rings is 1. The second kappa shape index (κ2) is 4.85. The smallest absolute Gasteiger partial charge is 0.364 e. The number of anilines is 1. The van der Waals surface area contributed by atoms with Crippen LogP contribution in [0.15, 0.2) is 29.0 Å². The summed E-state index contributed by atoms with van der Waals surface area (Å²) in [5, 5.41) is 6.06. The Morgan fingerprint density at radius 3 is 2.72 bits per heavy atom. The highest BCUT2D eigenvalue weighted by Crippen LogP contribution is 2.31. The number of nitrogens with one attached hydrogen (secondary N) is 1. The van der Waals surface area contributed by atoms with Crippen LogP contribution < -0.4 is 5.32 Å². The van der Waals surface area contributed by atoms with Crippen molar-refractivity contribution in [3.8, 4) is 0 Å². The first-order valence-corrected chi connectivity index (χ1v) is 5.21. The minimum Gasteiger partial charge on any atom is -0.364 e. The van der Waals surface area contributed by atoms with Crippen molar-refractivity contribution in [1.29, 1.82) is 0 Å². The molecule has 2 heterocycles. The maximum Gasteiger partial charge on any atom is 0.416 e. The van der Waals surface area contributed by atoms with Gasteiger partial charge in [0.2, 0.25) is 0 Å². The molecule has 0 aliphatic carbocycles. The van der Waals surface area contributed by atoms with Gasteiger partial charge in [-0.3, -0.25) is 0 Å². The van der Waals surface area contributed by atoms with E-state index < -0.39 is 11.7 Å². The number of rotatable bonds is 3. The third kappa shape index (κ3) is 3.13. The van der Waals surface area contributed by atoms with Crippen LogP contribution in [0.3, 0.4) is 0 Å². The summed E-state index contributed by atoms with van der Waals surface area (Å²) in [6.07, 6.45) is -3.10. The summed E-state index contributed by atoms with van der Waals surface area (Å²) in [6, 6.07) is 3.23. The molecule has 0 bridgehead atoms. The van der Waals surface area contributed by atoms with Gasteiger partial charge < -0.3 is 9.84 Å². The number of hydrogen-bond donors (Lipinski definition) is 1. The van der Waals surface area contributed by atoms with Crippen LogP contribution >= 0.6 is 11.6 Å². The fourth-order valence-electron chi connectivity index (χ4n) is 1.26. The van der Waals surface area contributed by atoms with Crippen molar-refractivity contribution in [2.45, 2.75) is 12.7 Å². The molecule has 96 valence electrons. The van der Waals surface area contributed by atoms with Gasteiger partial charge in [0.05, 0.1) is 12.1 Å². The quantitative estimate of drug-likeness (QED) is 0.874. The first kappa shape index (κ1) is 12.7. The van der Waals surface area contributed by atoms with Crippen LogP contribution in [0.4, 0.5) is 19.0 Å². The first-order chi connectivity index (χ1) is 8.45. The summed E-state index contributed by atoms with van der Waals surface area (Å²) in [5.41, 5.74) is -0.310. The molecular weight excluding hydrogens is 271 g/mol. The Morgan fingerprint density at radius 2 is 2.11 bits per heavy atom. The largest absolute Gasteiger partial charge is 0.416 e.